The minimum absolute atomic E-state index is 0.206. The summed E-state index contributed by atoms with van der Waals surface area (Å²) in [5.41, 5.74) is 1.15. The quantitative estimate of drug-likeness (QED) is 0.883. The molecule has 0 saturated heterocycles. The molecule has 0 radical (unpaired) electrons. The molecular formula is C12H17BrFN. The summed E-state index contributed by atoms with van der Waals surface area (Å²) in [6.07, 6.45) is 0. The molecule has 0 aliphatic rings. The van der Waals surface area contributed by atoms with Gasteiger partial charge in [0.05, 0.1) is 4.47 Å². The highest BCUT2D eigenvalue weighted by atomic mass is 79.9. The van der Waals surface area contributed by atoms with Crippen LogP contribution >= 0.6 is 15.9 Å². The summed E-state index contributed by atoms with van der Waals surface area (Å²) in [5, 5.41) is 3.37. The van der Waals surface area contributed by atoms with E-state index < -0.39 is 0 Å². The molecule has 0 heterocycles. The van der Waals surface area contributed by atoms with Gasteiger partial charge in [-0.1, -0.05) is 26.8 Å². The predicted octanol–water partition coefficient (Wildman–Crippen LogP) is 3.69. The fraction of sp³-hybridized carbons (Fsp3) is 0.500. The Morgan fingerprint density at radius 2 is 2.00 bits per heavy atom. The second-order valence-electron chi connectivity index (χ2n) is 4.14. The van der Waals surface area contributed by atoms with Crippen LogP contribution in [0.2, 0.25) is 0 Å². The summed E-state index contributed by atoms with van der Waals surface area (Å²) in [6.45, 7) is 7.28. The summed E-state index contributed by atoms with van der Waals surface area (Å²) in [4.78, 5) is 0. The zero-order valence-electron chi connectivity index (χ0n) is 9.35. The van der Waals surface area contributed by atoms with E-state index in [1.54, 1.807) is 0 Å². The SMILES string of the molecule is CC(C)NCC(C)c1ccc(F)c(Br)c1. The monoisotopic (exact) mass is 273 g/mol. The first-order chi connectivity index (χ1) is 7.00. The van der Waals surface area contributed by atoms with Gasteiger partial charge < -0.3 is 5.32 Å². The second-order valence-corrected chi connectivity index (χ2v) is 4.99. The topological polar surface area (TPSA) is 12.0 Å². The molecule has 1 N–H and O–H groups in total. The lowest BCUT2D eigenvalue weighted by atomic mass is 10.0. The summed E-state index contributed by atoms with van der Waals surface area (Å²) in [7, 11) is 0. The molecule has 84 valence electrons. The van der Waals surface area contributed by atoms with Crippen LogP contribution in [-0.2, 0) is 0 Å². The molecular weight excluding hydrogens is 257 g/mol. The molecule has 1 unspecified atom stereocenters. The fourth-order valence-corrected chi connectivity index (χ4v) is 1.75. The average Bonchev–Trinajstić information content (AvgIpc) is 2.18. The third kappa shape index (κ3) is 3.92. The Labute approximate surface area is 99.2 Å². The van der Waals surface area contributed by atoms with Gasteiger partial charge in [-0.05, 0) is 39.5 Å². The number of rotatable bonds is 4. The van der Waals surface area contributed by atoms with Crippen LogP contribution in [0.15, 0.2) is 22.7 Å². The molecule has 1 aromatic rings. The van der Waals surface area contributed by atoms with Crippen molar-refractivity contribution in [3.8, 4) is 0 Å². The smallest absolute Gasteiger partial charge is 0.137 e. The van der Waals surface area contributed by atoms with E-state index in [0.717, 1.165) is 12.1 Å². The van der Waals surface area contributed by atoms with Gasteiger partial charge in [0.1, 0.15) is 5.82 Å². The molecule has 1 atom stereocenters. The van der Waals surface area contributed by atoms with Crippen molar-refractivity contribution < 1.29 is 4.39 Å². The molecule has 0 aliphatic carbocycles. The van der Waals surface area contributed by atoms with Crippen LogP contribution < -0.4 is 5.32 Å². The van der Waals surface area contributed by atoms with Crippen molar-refractivity contribution in [2.24, 2.45) is 0 Å². The molecule has 1 nitrogen and oxygen atoms in total. The first-order valence-electron chi connectivity index (χ1n) is 5.19. The van der Waals surface area contributed by atoms with E-state index >= 15 is 0 Å². The van der Waals surface area contributed by atoms with Crippen molar-refractivity contribution >= 4 is 15.9 Å². The maximum Gasteiger partial charge on any atom is 0.137 e. The minimum Gasteiger partial charge on any atom is -0.314 e. The molecule has 0 spiro atoms. The number of hydrogen-bond acceptors (Lipinski definition) is 1. The van der Waals surface area contributed by atoms with Crippen LogP contribution in [0.3, 0.4) is 0 Å². The largest absolute Gasteiger partial charge is 0.314 e. The Balaban J connectivity index is 2.65. The van der Waals surface area contributed by atoms with E-state index in [4.69, 9.17) is 0 Å². The van der Waals surface area contributed by atoms with Gasteiger partial charge in [0.2, 0.25) is 0 Å². The molecule has 1 rings (SSSR count). The zero-order chi connectivity index (χ0) is 11.4. The maximum atomic E-state index is 13.0. The number of hydrogen-bond donors (Lipinski definition) is 1. The third-order valence-electron chi connectivity index (χ3n) is 2.34. The molecule has 15 heavy (non-hydrogen) atoms. The molecule has 3 heteroatoms. The van der Waals surface area contributed by atoms with E-state index in [-0.39, 0.29) is 5.82 Å². The Kier molecular flexibility index (Phi) is 4.74. The van der Waals surface area contributed by atoms with Gasteiger partial charge in [0.15, 0.2) is 0 Å². The maximum absolute atomic E-state index is 13.0. The second kappa shape index (κ2) is 5.61. The van der Waals surface area contributed by atoms with Crippen LogP contribution in [0.1, 0.15) is 32.3 Å². The fourth-order valence-electron chi connectivity index (χ4n) is 1.35. The van der Waals surface area contributed by atoms with Crippen molar-refractivity contribution in [3.63, 3.8) is 0 Å². The van der Waals surface area contributed by atoms with E-state index in [1.165, 1.54) is 6.07 Å². The molecule has 1 aromatic carbocycles. The van der Waals surface area contributed by atoms with Gasteiger partial charge >= 0.3 is 0 Å². The third-order valence-corrected chi connectivity index (χ3v) is 2.95. The van der Waals surface area contributed by atoms with Crippen molar-refractivity contribution in [1.29, 1.82) is 0 Å². The van der Waals surface area contributed by atoms with Gasteiger partial charge in [-0.3, -0.25) is 0 Å². The molecule has 0 bridgehead atoms. The minimum atomic E-state index is -0.206. The van der Waals surface area contributed by atoms with Gasteiger partial charge in [-0.15, -0.1) is 0 Å². The van der Waals surface area contributed by atoms with E-state index in [1.807, 2.05) is 12.1 Å². The Bertz CT molecular complexity index is 325. The number of benzene rings is 1. The normalized spacial score (nSPS) is 13.2. The first kappa shape index (κ1) is 12.7. The zero-order valence-corrected chi connectivity index (χ0v) is 10.9. The van der Waals surface area contributed by atoms with Gasteiger partial charge in [-0.2, -0.15) is 0 Å². The standard InChI is InChI=1S/C12H17BrFN/c1-8(2)15-7-9(3)10-4-5-12(14)11(13)6-10/h4-6,8-9,15H,7H2,1-3H3. The highest BCUT2D eigenvalue weighted by Crippen LogP contribution is 2.22. The first-order valence-corrected chi connectivity index (χ1v) is 5.98. The van der Waals surface area contributed by atoms with E-state index in [9.17, 15) is 4.39 Å². The van der Waals surface area contributed by atoms with Crippen molar-refractivity contribution in [2.75, 3.05) is 6.54 Å². The van der Waals surface area contributed by atoms with Gasteiger partial charge in [0, 0.05) is 12.6 Å². The summed E-state index contributed by atoms with van der Waals surface area (Å²) < 4.78 is 13.6. The van der Waals surface area contributed by atoms with Crippen LogP contribution in [0.4, 0.5) is 4.39 Å². The van der Waals surface area contributed by atoms with Gasteiger partial charge in [0.25, 0.3) is 0 Å². The van der Waals surface area contributed by atoms with Crippen LogP contribution in [-0.4, -0.2) is 12.6 Å². The van der Waals surface area contributed by atoms with E-state index in [0.29, 0.717) is 16.4 Å². The highest BCUT2D eigenvalue weighted by Gasteiger charge is 2.08. The summed E-state index contributed by atoms with van der Waals surface area (Å²) in [6, 6.07) is 5.68. The number of nitrogens with one attached hydrogen (secondary N) is 1. The summed E-state index contributed by atoms with van der Waals surface area (Å²) >= 11 is 3.20. The number of halogens is 2. The molecule has 0 saturated carbocycles. The average molecular weight is 274 g/mol. The van der Waals surface area contributed by atoms with Crippen molar-refractivity contribution in [3.05, 3.63) is 34.1 Å². The molecule has 0 amide bonds. The summed E-state index contributed by atoms with van der Waals surface area (Å²) in [5.74, 6) is 0.187. The van der Waals surface area contributed by atoms with Crippen LogP contribution in [0.25, 0.3) is 0 Å². The predicted molar refractivity (Wildman–Crippen MR) is 65.7 cm³/mol. The van der Waals surface area contributed by atoms with E-state index in [2.05, 4.69) is 42.0 Å². The van der Waals surface area contributed by atoms with Crippen LogP contribution in [0, 0.1) is 5.82 Å². The molecule has 0 fully saturated rings. The molecule has 0 aromatic heterocycles. The lowest BCUT2D eigenvalue weighted by molar-refractivity contribution is 0.547. The highest BCUT2D eigenvalue weighted by molar-refractivity contribution is 9.10. The Morgan fingerprint density at radius 1 is 1.33 bits per heavy atom. The Morgan fingerprint density at radius 3 is 2.53 bits per heavy atom. The van der Waals surface area contributed by atoms with Crippen LogP contribution in [0.5, 0.6) is 0 Å². The lowest BCUT2D eigenvalue weighted by Crippen LogP contribution is -2.26. The van der Waals surface area contributed by atoms with Gasteiger partial charge in [-0.25, -0.2) is 4.39 Å². The van der Waals surface area contributed by atoms with Crippen molar-refractivity contribution in [1.82, 2.24) is 5.32 Å². The van der Waals surface area contributed by atoms with Crippen molar-refractivity contribution in [2.45, 2.75) is 32.7 Å². The molecule has 0 aliphatic heterocycles. The Hall–Kier alpha value is -0.410. The lowest BCUT2D eigenvalue weighted by Gasteiger charge is -2.15.